The lowest BCUT2D eigenvalue weighted by Crippen LogP contribution is -2.36. The Balaban J connectivity index is 2.47. The average molecular weight is 316 g/mol. The van der Waals surface area contributed by atoms with Crippen LogP contribution < -0.4 is 0 Å². The molecule has 1 aromatic carbocycles. The van der Waals surface area contributed by atoms with E-state index in [2.05, 4.69) is 0 Å². The lowest BCUT2D eigenvalue weighted by Gasteiger charge is -2.24. The van der Waals surface area contributed by atoms with Gasteiger partial charge in [0.1, 0.15) is 0 Å². The van der Waals surface area contributed by atoms with Crippen LogP contribution >= 0.6 is 11.6 Å². The van der Waals surface area contributed by atoms with Crippen molar-refractivity contribution in [2.75, 3.05) is 20.3 Å². The molecule has 0 unspecified atom stereocenters. The first-order chi connectivity index (χ1) is 9.97. The Morgan fingerprint density at radius 1 is 1.38 bits per heavy atom. The minimum atomic E-state index is -0.917. The van der Waals surface area contributed by atoms with E-state index in [9.17, 15) is 4.79 Å². The molecule has 0 radical (unpaired) electrons. The Morgan fingerprint density at radius 3 is 2.57 bits per heavy atom. The van der Waals surface area contributed by atoms with E-state index < -0.39 is 12.4 Å². The van der Waals surface area contributed by atoms with Crippen LogP contribution in [0.25, 0.3) is 0 Å². The topological polar surface area (TPSA) is 59.0 Å². The van der Waals surface area contributed by atoms with Gasteiger partial charge < -0.3 is 19.5 Å². The first-order valence-electron chi connectivity index (χ1n) is 6.85. The van der Waals surface area contributed by atoms with Crippen molar-refractivity contribution < 1.29 is 19.4 Å². The zero-order valence-corrected chi connectivity index (χ0v) is 13.3. The fourth-order valence-electron chi connectivity index (χ4n) is 1.95. The maximum Gasteiger partial charge on any atom is 0.407 e. The first-order valence-corrected chi connectivity index (χ1v) is 7.23. The van der Waals surface area contributed by atoms with E-state index in [-0.39, 0.29) is 6.04 Å². The van der Waals surface area contributed by atoms with Crippen molar-refractivity contribution in [3.8, 4) is 0 Å². The summed E-state index contributed by atoms with van der Waals surface area (Å²) in [6.07, 6.45) is -0.871. The molecule has 0 spiro atoms. The van der Waals surface area contributed by atoms with Gasteiger partial charge in [-0.15, -0.1) is 0 Å². The summed E-state index contributed by atoms with van der Waals surface area (Å²) in [4.78, 5) is 12.4. The van der Waals surface area contributed by atoms with Gasteiger partial charge in [0.2, 0.25) is 0 Å². The number of hydrogen-bond donors (Lipinski definition) is 1. The lowest BCUT2D eigenvalue weighted by atomic mass is 10.2. The number of amides is 1. The van der Waals surface area contributed by atoms with Gasteiger partial charge in [-0.05, 0) is 26.3 Å². The third-order valence-electron chi connectivity index (χ3n) is 3.05. The number of nitrogens with zero attached hydrogens (tertiary/aromatic N) is 1. The van der Waals surface area contributed by atoms with Crippen molar-refractivity contribution in [3.05, 3.63) is 34.9 Å². The molecule has 1 amide bonds. The third kappa shape index (κ3) is 5.53. The van der Waals surface area contributed by atoms with Crippen molar-refractivity contribution >= 4 is 17.7 Å². The smallest absolute Gasteiger partial charge is 0.407 e. The molecule has 1 aromatic rings. The third-order valence-corrected chi connectivity index (χ3v) is 3.40. The summed E-state index contributed by atoms with van der Waals surface area (Å²) in [5.74, 6) is 0. The van der Waals surface area contributed by atoms with Crippen molar-refractivity contribution in [2.45, 2.75) is 32.6 Å². The summed E-state index contributed by atoms with van der Waals surface area (Å²) in [7, 11) is 1.55. The maximum atomic E-state index is 11.0. The van der Waals surface area contributed by atoms with Crippen molar-refractivity contribution in [1.82, 2.24) is 4.90 Å². The molecule has 118 valence electrons. The van der Waals surface area contributed by atoms with Gasteiger partial charge in [-0.1, -0.05) is 29.8 Å². The minimum absolute atomic E-state index is 0.0516. The minimum Gasteiger partial charge on any atom is -0.465 e. The van der Waals surface area contributed by atoms with Crippen LogP contribution in [0, 0.1) is 0 Å². The van der Waals surface area contributed by atoms with Crippen molar-refractivity contribution in [2.24, 2.45) is 0 Å². The molecule has 0 saturated carbocycles. The Labute approximate surface area is 130 Å². The molecule has 0 bridgehead atoms. The molecule has 1 N–H and O–H groups in total. The zero-order chi connectivity index (χ0) is 15.8. The van der Waals surface area contributed by atoms with E-state index in [0.29, 0.717) is 24.6 Å². The highest BCUT2D eigenvalue weighted by Crippen LogP contribution is 2.25. The molecular formula is C15H22ClNO4. The number of halogens is 1. The molecule has 21 heavy (non-hydrogen) atoms. The molecule has 0 aromatic heterocycles. The largest absolute Gasteiger partial charge is 0.465 e. The molecule has 1 atom stereocenters. The van der Waals surface area contributed by atoms with E-state index in [1.807, 2.05) is 32.0 Å². The number of methoxy groups -OCH3 is 1. The van der Waals surface area contributed by atoms with Crippen LogP contribution in [-0.4, -0.2) is 42.4 Å². The van der Waals surface area contributed by atoms with Gasteiger partial charge in [0.25, 0.3) is 0 Å². The normalized spacial score (nSPS) is 12.4. The predicted octanol–water partition coefficient (Wildman–Crippen LogP) is 3.78. The summed E-state index contributed by atoms with van der Waals surface area (Å²) in [5, 5.41) is 9.64. The summed E-state index contributed by atoms with van der Waals surface area (Å²) >= 11 is 6.10. The number of ether oxygens (including phenoxy) is 2. The van der Waals surface area contributed by atoms with Crippen LogP contribution in [-0.2, 0) is 9.47 Å². The Hall–Kier alpha value is -1.30. The number of benzene rings is 1. The zero-order valence-electron chi connectivity index (χ0n) is 12.6. The summed E-state index contributed by atoms with van der Waals surface area (Å²) in [6, 6.07) is 7.27. The highest BCUT2D eigenvalue weighted by Gasteiger charge is 2.17. The molecule has 0 aliphatic carbocycles. The molecule has 0 fully saturated rings. The maximum absolute atomic E-state index is 11.0. The Bertz CT molecular complexity index is 453. The monoisotopic (exact) mass is 315 g/mol. The van der Waals surface area contributed by atoms with E-state index in [1.54, 1.807) is 13.2 Å². The fourth-order valence-corrected chi connectivity index (χ4v) is 2.18. The standard InChI is InChI=1S/C15H22ClNO4/c1-11(2)17(15(18)19)9-6-10-21-14(20-3)12-7-4-5-8-13(12)16/h4-5,7-8,11,14H,6,9-10H2,1-3H3,(H,18,19)/t14-/m1/s1. The van der Waals surface area contributed by atoms with Gasteiger partial charge in [-0.3, -0.25) is 0 Å². The van der Waals surface area contributed by atoms with E-state index in [4.69, 9.17) is 26.2 Å². The van der Waals surface area contributed by atoms with Gasteiger partial charge in [0.05, 0.1) is 6.61 Å². The van der Waals surface area contributed by atoms with Crippen molar-refractivity contribution in [3.63, 3.8) is 0 Å². The Kier molecular flexibility index (Phi) is 7.50. The van der Waals surface area contributed by atoms with E-state index >= 15 is 0 Å². The summed E-state index contributed by atoms with van der Waals surface area (Å²) < 4.78 is 10.9. The quantitative estimate of drug-likeness (QED) is 0.586. The molecule has 6 heteroatoms. The molecule has 0 aliphatic heterocycles. The average Bonchev–Trinajstić information content (AvgIpc) is 2.43. The predicted molar refractivity (Wildman–Crippen MR) is 81.6 cm³/mol. The van der Waals surface area contributed by atoms with Gasteiger partial charge in [0, 0.05) is 30.3 Å². The second-order valence-corrected chi connectivity index (χ2v) is 5.29. The SMILES string of the molecule is CO[C@H](OCCCN(C(=O)O)C(C)C)c1ccccc1Cl. The highest BCUT2D eigenvalue weighted by atomic mass is 35.5. The first kappa shape index (κ1) is 17.8. The second-order valence-electron chi connectivity index (χ2n) is 4.88. The summed E-state index contributed by atoms with van der Waals surface area (Å²) in [5.41, 5.74) is 0.764. The highest BCUT2D eigenvalue weighted by molar-refractivity contribution is 6.31. The van der Waals surface area contributed by atoms with Crippen LogP contribution in [0.3, 0.4) is 0 Å². The van der Waals surface area contributed by atoms with Crippen LogP contribution in [0.5, 0.6) is 0 Å². The molecule has 0 saturated heterocycles. The second kappa shape index (κ2) is 8.87. The van der Waals surface area contributed by atoms with Gasteiger partial charge in [-0.2, -0.15) is 0 Å². The molecule has 1 rings (SSSR count). The number of carboxylic acid groups (broad SMARTS) is 1. The Morgan fingerprint density at radius 2 is 2.05 bits per heavy atom. The van der Waals surface area contributed by atoms with Crippen molar-refractivity contribution in [1.29, 1.82) is 0 Å². The van der Waals surface area contributed by atoms with Gasteiger partial charge >= 0.3 is 6.09 Å². The molecular weight excluding hydrogens is 294 g/mol. The van der Waals surface area contributed by atoms with Crippen LogP contribution in [0.4, 0.5) is 4.79 Å². The number of rotatable bonds is 8. The van der Waals surface area contributed by atoms with E-state index in [1.165, 1.54) is 4.90 Å². The van der Waals surface area contributed by atoms with Crippen LogP contribution in [0.1, 0.15) is 32.1 Å². The van der Waals surface area contributed by atoms with E-state index in [0.717, 1.165) is 5.56 Å². The van der Waals surface area contributed by atoms with Crippen LogP contribution in [0.2, 0.25) is 5.02 Å². The lowest BCUT2D eigenvalue weighted by molar-refractivity contribution is -0.128. The number of carbonyl (C=O) groups is 1. The van der Waals surface area contributed by atoms with Crippen LogP contribution in [0.15, 0.2) is 24.3 Å². The van der Waals surface area contributed by atoms with Gasteiger partial charge in [0.15, 0.2) is 6.29 Å². The molecule has 0 heterocycles. The van der Waals surface area contributed by atoms with Gasteiger partial charge in [-0.25, -0.2) is 4.79 Å². The number of hydrogen-bond acceptors (Lipinski definition) is 3. The fraction of sp³-hybridized carbons (Fsp3) is 0.533. The summed E-state index contributed by atoms with van der Waals surface area (Å²) in [6.45, 7) is 4.50. The molecule has 5 nitrogen and oxygen atoms in total. The molecule has 0 aliphatic rings.